The molecule has 0 aromatic rings. The van der Waals surface area contributed by atoms with E-state index in [4.69, 9.17) is 0 Å². The number of carbonyl (C=O) groups is 2. The summed E-state index contributed by atoms with van der Waals surface area (Å²) in [7, 11) is 0. The van der Waals surface area contributed by atoms with Crippen LogP contribution >= 0.6 is 0 Å². The minimum Gasteiger partial charge on any atom is -0.357 e. The van der Waals surface area contributed by atoms with Crippen molar-refractivity contribution in [3.8, 4) is 0 Å². The van der Waals surface area contributed by atoms with Crippen LogP contribution in [-0.2, 0) is 9.59 Å². The third kappa shape index (κ3) is 3.54. The van der Waals surface area contributed by atoms with E-state index in [0.29, 0.717) is 13.1 Å². The summed E-state index contributed by atoms with van der Waals surface area (Å²) in [5.74, 6) is 1.16. The molecule has 3 aliphatic carbocycles. The van der Waals surface area contributed by atoms with Crippen molar-refractivity contribution in [2.24, 2.45) is 28.7 Å². The summed E-state index contributed by atoms with van der Waals surface area (Å²) in [4.78, 5) is 31.5. The van der Waals surface area contributed by atoms with Gasteiger partial charge in [0.25, 0.3) is 0 Å². The van der Waals surface area contributed by atoms with Gasteiger partial charge in [0.1, 0.15) is 0 Å². The van der Waals surface area contributed by atoms with Crippen LogP contribution in [0.3, 0.4) is 0 Å². The van der Waals surface area contributed by atoms with Crippen molar-refractivity contribution in [3.05, 3.63) is 23.8 Å². The lowest BCUT2D eigenvalue weighted by Gasteiger charge is -2.18. The fraction of sp³-hybridized carbons (Fsp3) is 0.667. The summed E-state index contributed by atoms with van der Waals surface area (Å²) in [6.45, 7) is 4.54. The molecule has 0 aromatic heterocycles. The van der Waals surface area contributed by atoms with E-state index in [-0.39, 0.29) is 35.5 Å². The van der Waals surface area contributed by atoms with E-state index in [1.165, 1.54) is 29.7 Å². The Morgan fingerprint density at radius 3 is 2.56 bits per heavy atom. The highest BCUT2D eigenvalue weighted by molar-refractivity contribution is 6.06. The van der Waals surface area contributed by atoms with E-state index in [9.17, 15) is 9.59 Å². The molecule has 4 unspecified atom stereocenters. The molecule has 0 aromatic carbocycles. The minimum atomic E-state index is -0.103. The zero-order valence-electron chi connectivity index (χ0n) is 16.1. The number of carbonyl (C=O) groups excluding carboxylic acids is 2. The predicted molar refractivity (Wildman–Crippen MR) is 105 cm³/mol. The van der Waals surface area contributed by atoms with Crippen molar-refractivity contribution in [1.29, 1.82) is 0 Å². The number of imide groups is 1. The highest BCUT2D eigenvalue weighted by atomic mass is 16.2. The number of likely N-dealkylation sites (tertiary alicyclic amines) is 1. The van der Waals surface area contributed by atoms with Gasteiger partial charge in [-0.2, -0.15) is 0 Å². The van der Waals surface area contributed by atoms with Crippen LogP contribution in [0, 0.1) is 23.7 Å². The highest BCUT2D eigenvalue weighted by Crippen LogP contribution is 2.52. The molecular weight excluding hydrogens is 340 g/mol. The first-order valence-corrected chi connectivity index (χ1v) is 10.4. The van der Waals surface area contributed by atoms with Crippen LogP contribution in [0.5, 0.6) is 0 Å². The maximum Gasteiger partial charge on any atom is 0.233 e. The maximum absolute atomic E-state index is 12.7. The molecule has 4 aliphatic rings. The second-order valence-electron chi connectivity index (χ2n) is 8.02. The molecule has 27 heavy (non-hydrogen) atoms. The van der Waals surface area contributed by atoms with E-state index >= 15 is 0 Å². The molecule has 4 atom stereocenters. The van der Waals surface area contributed by atoms with Gasteiger partial charge in [0.2, 0.25) is 11.8 Å². The van der Waals surface area contributed by atoms with Gasteiger partial charge >= 0.3 is 0 Å². The van der Waals surface area contributed by atoms with Gasteiger partial charge in [-0.15, -0.1) is 0 Å². The van der Waals surface area contributed by atoms with E-state index in [2.05, 4.69) is 33.9 Å². The fourth-order valence-corrected chi connectivity index (χ4v) is 5.09. The van der Waals surface area contributed by atoms with Crippen molar-refractivity contribution < 1.29 is 9.59 Å². The Hall–Kier alpha value is -2.11. The van der Waals surface area contributed by atoms with Crippen molar-refractivity contribution in [3.63, 3.8) is 0 Å². The van der Waals surface area contributed by atoms with Crippen molar-refractivity contribution in [1.82, 2.24) is 15.5 Å². The predicted octanol–water partition coefficient (Wildman–Crippen LogP) is 1.85. The fourth-order valence-electron chi connectivity index (χ4n) is 5.09. The average Bonchev–Trinajstić information content (AvgIpc) is 3.43. The number of hydrogen-bond acceptors (Lipinski definition) is 3. The molecule has 6 heteroatoms. The third-order valence-electron chi connectivity index (χ3n) is 6.37. The first kappa shape index (κ1) is 18.3. The lowest BCUT2D eigenvalue weighted by atomic mass is 9.85. The number of nitrogens with one attached hydrogen (secondary N) is 2. The summed E-state index contributed by atoms with van der Waals surface area (Å²) in [6.07, 6.45) is 12.3. The molecule has 0 spiro atoms. The Balaban J connectivity index is 1.27. The Morgan fingerprint density at radius 1 is 1.19 bits per heavy atom. The first-order chi connectivity index (χ1) is 13.2. The molecule has 1 heterocycles. The summed E-state index contributed by atoms with van der Waals surface area (Å²) >= 11 is 0. The first-order valence-electron chi connectivity index (χ1n) is 10.4. The molecule has 2 fully saturated rings. The average molecular weight is 370 g/mol. The number of fused-ring (bicyclic) bond motifs is 5. The van der Waals surface area contributed by atoms with Crippen molar-refractivity contribution in [2.75, 3.05) is 26.2 Å². The summed E-state index contributed by atoms with van der Waals surface area (Å²) in [6, 6.07) is 0. The van der Waals surface area contributed by atoms with Gasteiger partial charge in [0.15, 0.2) is 5.96 Å². The van der Waals surface area contributed by atoms with E-state index < -0.39 is 0 Å². The van der Waals surface area contributed by atoms with Gasteiger partial charge in [0, 0.05) is 26.2 Å². The zero-order chi connectivity index (χ0) is 18.8. The second-order valence-corrected chi connectivity index (χ2v) is 8.02. The summed E-state index contributed by atoms with van der Waals surface area (Å²) in [5.41, 5.74) is 1.51. The topological polar surface area (TPSA) is 73.8 Å². The number of hydrogen-bond donors (Lipinski definition) is 2. The van der Waals surface area contributed by atoms with E-state index in [1.807, 2.05) is 6.92 Å². The molecule has 1 aliphatic heterocycles. The van der Waals surface area contributed by atoms with Crippen LogP contribution in [0.1, 0.15) is 39.0 Å². The van der Waals surface area contributed by atoms with Crippen LogP contribution in [0.2, 0.25) is 0 Å². The molecule has 2 amide bonds. The Kier molecular flexibility index (Phi) is 5.32. The van der Waals surface area contributed by atoms with Gasteiger partial charge in [-0.1, -0.05) is 23.8 Å². The van der Waals surface area contributed by atoms with E-state index in [1.54, 1.807) is 0 Å². The quantitative estimate of drug-likeness (QED) is 0.310. The second kappa shape index (κ2) is 7.87. The third-order valence-corrected chi connectivity index (χ3v) is 6.37. The molecule has 146 valence electrons. The smallest absolute Gasteiger partial charge is 0.233 e. The van der Waals surface area contributed by atoms with Crippen LogP contribution in [0.15, 0.2) is 28.8 Å². The van der Waals surface area contributed by atoms with Crippen LogP contribution in [0.25, 0.3) is 0 Å². The zero-order valence-corrected chi connectivity index (χ0v) is 16.1. The highest BCUT2D eigenvalue weighted by Gasteiger charge is 2.58. The Labute approximate surface area is 161 Å². The standard InChI is InChI=1S/C21H30N4O2/c1-2-22-21(23-10-9-14-5-3-4-6-14)24-11-12-25-19(26)17-15-7-8-16(13-15)18(17)20(25)27/h5,7-8,15-18H,2-4,6,9-13H2,1H3,(H2,22,23,24). The van der Waals surface area contributed by atoms with Crippen LogP contribution in [-0.4, -0.2) is 48.9 Å². The molecule has 1 saturated heterocycles. The van der Waals surface area contributed by atoms with Gasteiger partial charge in [-0.05, 0) is 50.9 Å². The van der Waals surface area contributed by atoms with Gasteiger partial charge in [-0.25, -0.2) is 0 Å². The number of rotatable bonds is 7. The van der Waals surface area contributed by atoms with Crippen LogP contribution < -0.4 is 10.6 Å². The van der Waals surface area contributed by atoms with E-state index in [0.717, 1.165) is 31.9 Å². The number of nitrogens with zero attached hydrogens (tertiary/aromatic N) is 2. The lowest BCUT2D eigenvalue weighted by molar-refractivity contribution is -0.140. The maximum atomic E-state index is 12.7. The number of guanidine groups is 1. The van der Waals surface area contributed by atoms with Crippen molar-refractivity contribution >= 4 is 17.8 Å². The minimum absolute atomic E-state index is 0.0266. The van der Waals surface area contributed by atoms with Crippen LogP contribution in [0.4, 0.5) is 0 Å². The number of aliphatic imine (C=N–C) groups is 1. The Bertz CT molecular complexity index is 666. The summed E-state index contributed by atoms with van der Waals surface area (Å²) in [5, 5.41) is 6.52. The largest absolute Gasteiger partial charge is 0.357 e. The molecule has 4 rings (SSSR count). The van der Waals surface area contributed by atoms with Gasteiger partial charge in [-0.3, -0.25) is 19.5 Å². The number of amides is 2. The monoisotopic (exact) mass is 370 g/mol. The molecule has 6 nitrogen and oxygen atoms in total. The SMILES string of the molecule is CCNC(=NCCC1=CCCC1)NCCN1C(=O)C2C3C=CC(C3)C2C1=O. The van der Waals surface area contributed by atoms with Gasteiger partial charge in [0.05, 0.1) is 11.8 Å². The lowest BCUT2D eigenvalue weighted by Crippen LogP contribution is -2.43. The number of allylic oxidation sites excluding steroid dienone is 3. The summed E-state index contributed by atoms with van der Waals surface area (Å²) < 4.78 is 0. The molecule has 1 saturated carbocycles. The van der Waals surface area contributed by atoms with Gasteiger partial charge < -0.3 is 10.6 Å². The molecule has 2 bridgehead atoms. The normalized spacial score (nSPS) is 31.7. The molecular formula is C21H30N4O2. The molecule has 2 N–H and O–H groups in total. The molecule has 0 radical (unpaired) electrons. The van der Waals surface area contributed by atoms with Crippen molar-refractivity contribution in [2.45, 2.75) is 39.0 Å². The Morgan fingerprint density at radius 2 is 1.93 bits per heavy atom.